The van der Waals surface area contributed by atoms with Gasteiger partial charge in [0.15, 0.2) is 0 Å². The first-order valence-corrected chi connectivity index (χ1v) is 4.59. The van der Waals surface area contributed by atoms with Gasteiger partial charge < -0.3 is 10.2 Å². The summed E-state index contributed by atoms with van der Waals surface area (Å²) in [5.41, 5.74) is 2.54. The molecule has 4 nitrogen and oxygen atoms in total. The molecule has 80 valence electrons. The summed E-state index contributed by atoms with van der Waals surface area (Å²) in [6.07, 6.45) is 0. The predicted molar refractivity (Wildman–Crippen MR) is 60.0 cm³/mol. The van der Waals surface area contributed by atoms with Crippen molar-refractivity contribution in [3.05, 3.63) is 29.8 Å². The lowest BCUT2D eigenvalue weighted by Crippen LogP contribution is -2.05. The van der Waals surface area contributed by atoms with Gasteiger partial charge in [0.1, 0.15) is 7.11 Å². The third-order valence-electron chi connectivity index (χ3n) is 1.85. The Hall–Kier alpha value is -1.84. The van der Waals surface area contributed by atoms with E-state index in [9.17, 15) is 4.79 Å². The number of hydrogen-bond donors (Lipinski definition) is 1. The zero-order chi connectivity index (χ0) is 11.3. The molecule has 0 saturated heterocycles. The van der Waals surface area contributed by atoms with Crippen LogP contribution in [0.2, 0.25) is 0 Å². The molecule has 0 spiro atoms. The molecule has 0 aliphatic heterocycles. The predicted octanol–water partition coefficient (Wildman–Crippen LogP) is 2.02. The molecular formula is C11H14N2O2. The van der Waals surface area contributed by atoms with E-state index in [0.29, 0.717) is 0 Å². The summed E-state index contributed by atoms with van der Waals surface area (Å²) in [7, 11) is 1.51. The Morgan fingerprint density at radius 2 is 1.87 bits per heavy atom. The normalized spacial score (nSPS) is 11.0. The topological polar surface area (TPSA) is 50.7 Å². The Kier molecular flexibility index (Phi) is 3.85. The van der Waals surface area contributed by atoms with Crippen LogP contribution in [0.4, 0.5) is 5.69 Å². The van der Waals surface area contributed by atoms with Gasteiger partial charge in [-0.3, -0.25) is 4.79 Å². The van der Waals surface area contributed by atoms with Crippen molar-refractivity contribution in [3.8, 4) is 0 Å². The quantitative estimate of drug-likeness (QED) is 0.607. The van der Waals surface area contributed by atoms with Crippen molar-refractivity contribution in [2.75, 3.05) is 12.4 Å². The van der Waals surface area contributed by atoms with Crippen LogP contribution < -0.4 is 5.32 Å². The summed E-state index contributed by atoms with van der Waals surface area (Å²) in [6.45, 7) is 3.34. The standard InChI is InChI=1S/C11H14N2O2/c1-8(13-15-3)10-4-6-11(7-5-10)12-9(2)14/h4-7H,1-3H3,(H,12,14)/b13-8+. The van der Waals surface area contributed by atoms with Gasteiger partial charge in [-0.15, -0.1) is 0 Å². The van der Waals surface area contributed by atoms with E-state index in [1.807, 2.05) is 31.2 Å². The molecule has 1 amide bonds. The van der Waals surface area contributed by atoms with E-state index in [0.717, 1.165) is 17.0 Å². The van der Waals surface area contributed by atoms with Crippen molar-refractivity contribution in [2.24, 2.45) is 5.16 Å². The minimum atomic E-state index is -0.0787. The maximum Gasteiger partial charge on any atom is 0.221 e. The van der Waals surface area contributed by atoms with Crippen LogP contribution in [0.15, 0.2) is 29.4 Å². The van der Waals surface area contributed by atoms with Gasteiger partial charge in [-0.25, -0.2) is 0 Å². The molecule has 0 unspecified atom stereocenters. The van der Waals surface area contributed by atoms with Crippen LogP contribution in [0, 0.1) is 0 Å². The largest absolute Gasteiger partial charge is 0.399 e. The van der Waals surface area contributed by atoms with E-state index in [2.05, 4.69) is 15.3 Å². The molecule has 15 heavy (non-hydrogen) atoms. The minimum Gasteiger partial charge on any atom is -0.399 e. The molecule has 0 radical (unpaired) electrons. The third kappa shape index (κ3) is 3.42. The highest BCUT2D eigenvalue weighted by Crippen LogP contribution is 2.10. The number of nitrogens with zero attached hydrogens (tertiary/aromatic N) is 1. The number of amides is 1. The molecule has 0 aromatic heterocycles. The van der Waals surface area contributed by atoms with Gasteiger partial charge in [-0.05, 0) is 24.6 Å². The molecule has 0 aliphatic rings. The van der Waals surface area contributed by atoms with Crippen LogP contribution in [-0.4, -0.2) is 18.7 Å². The molecular weight excluding hydrogens is 192 g/mol. The van der Waals surface area contributed by atoms with Crippen molar-refractivity contribution in [2.45, 2.75) is 13.8 Å². The number of anilines is 1. The fourth-order valence-corrected chi connectivity index (χ4v) is 1.19. The molecule has 1 aromatic carbocycles. The van der Waals surface area contributed by atoms with E-state index in [-0.39, 0.29) is 5.91 Å². The van der Waals surface area contributed by atoms with Crippen molar-refractivity contribution in [1.82, 2.24) is 0 Å². The fourth-order valence-electron chi connectivity index (χ4n) is 1.19. The van der Waals surface area contributed by atoms with E-state index in [4.69, 9.17) is 0 Å². The maximum absolute atomic E-state index is 10.8. The summed E-state index contributed by atoms with van der Waals surface area (Å²) in [5.74, 6) is -0.0787. The number of carbonyl (C=O) groups excluding carboxylic acids is 1. The van der Waals surface area contributed by atoms with Crippen molar-refractivity contribution >= 4 is 17.3 Å². The Labute approximate surface area is 88.9 Å². The van der Waals surface area contributed by atoms with Gasteiger partial charge in [0.25, 0.3) is 0 Å². The first-order chi connectivity index (χ1) is 7.13. The zero-order valence-electron chi connectivity index (χ0n) is 9.07. The van der Waals surface area contributed by atoms with E-state index in [1.165, 1.54) is 14.0 Å². The van der Waals surface area contributed by atoms with Crippen molar-refractivity contribution in [1.29, 1.82) is 0 Å². The van der Waals surface area contributed by atoms with Crippen LogP contribution in [0.25, 0.3) is 0 Å². The second kappa shape index (κ2) is 5.14. The van der Waals surface area contributed by atoms with E-state index >= 15 is 0 Å². The smallest absolute Gasteiger partial charge is 0.221 e. The third-order valence-corrected chi connectivity index (χ3v) is 1.85. The molecule has 1 rings (SSSR count). The molecule has 0 bridgehead atoms. The molecule has 0 fully saturated rings. The lowest BCUT2D eigenvalue weighted by Gasteiger charge is -2.03. The van der Waals surface area contributed by atoms with E-state index in [1.54, 1.807) is 0 Å². The first-order valence-electron chi connectivity index (χ1n) is 4.59. The summed E-state index contributed by atoms with van der Waals surface area (Å²) in [5, 5.41) is 6.51. The van der Waals surface area contributed by atoms with Crippen LogP contribution in [-0.2, 0) is 9.63 Å². The number of carbonyl (C=O) groups is 1. The van der Waals surface area contributed by atoms with Crippen LogP contribution in [0.1, 0.15) is 19.4 Å². The number of benzene rings is 1. The van der Waals surface area contributed by atoms with Gasteiger partial charge in [0.2, 0.25) is 5.91 Å². The van der Waals surface area contributed by atoms with Crippen LogP contribution in [0.5, 0.6) is 0 Å². The highest BCUT2D eigenvalue weighted by atomic mass is 16.6. The second-order valence-corrected chi connectivity index (χ2v) is 3.12. The Balaban J connectivity index is 2.80. The van der Waals surface area contributed by atoms with Gasteiger partial charge in [-0.2, -0.15) is 0 Å². The van der Waals surface area contributed by atoms with Crippen LogP contribution in [0.3, 0.4) is 0 Å². The SMILES string of the molecule is CO/N=C(\C)c1ccc(NC(C)=O)cc1. The van der Waals surface area contributed by atoms with Crippen LogP contribution >= 0.6 is 0 Å². The van der Waals surface area contributed by atoms with Gasteiger partial charge in [0.05, 0.1) is 5.71 Å². The monoisotopic (exact) mass is 206 g/mol. The lowest BCUT2D eigenvalue weighted by atomic mass is 10.1. The van der Waals surface area contributed by atoms with Gasteiger partial charge >= 0.3 is 0 Å². The average molecular weight is 206 g/mol. The highest BCUT2D eigenvalue weighted by Gasteiger charge is 1.99. The zero-order valence-corrected chi connectivity index (χ0v) is 9.07. The fraction of sp³-hybridized carbons (Fsp3) is 0.273. The molecule has 4 heteroatoms. The molecule has 1 N–H and O–H groups in total. The number of oxime groups is 1. The maximum atomic E-state index is 10.8. The highest BCUT2D eigenvalue weighted by molar-refractivity contribution is 5.99. The number of rotatable bonds is 3. The second-order valence-electron chi connectivity index (χ2n) is 3.12. The van der Waals surface area contributed by atoms with E-state index < -0.39 is 0 Å². The van der Waals surface area contributed by atoms with Crippen molar-refractivity contribution < 1.29 is 9.63 Å². The lowest BCUT2D eigenvalue weighted by molar-refractivity contribution is -0.114. The first kappa shape index (κ1) is 11.2. The number of hydrogen-bond acceptors (Lipinski definition) is 3. The summed E-state index contributed by atoms with van der Waals surface area (Å²) in [6, 6.07) is 7.41. The Morgan fingerprint density at radius 3 is 2.33 bits per heavy atom. The Bertz CT molecular complexity index is 369. The molecule has 0 saturated carbocycles. The molecule has 0 atom stereocenters. The molecule has 1 aromatic rings. The minimum absolute atomic E-state index is 0.0787. The van der Waals surface area contributed by atoms with Crippen molar-refractivity contribution in [3.63, 3.8) is 0 Å². The summed E-state index contributed by atoms with van der Waals surface area (Å²) >= 11 is 0. The summed E-state index contributed by atoms with van der Waals surface area (Å²) < 4.78 is 0. The Morgan fingerprint density at radius 1 is 1.27 bits per heavy atom. The van der Waals surface area contributed by atoms with Gasteiger partial charge in [0, 0.05) is 12.6 Å². The molecule has 0 heterocycles. The van der Waals surface area contributed by atoms with Gasteiger partial charge in [-0.1, -0.05) is 17.3 Å². The molecule has 0 aliphatic carbocycles. The average Bonchev–Trinajstić information content (AvgIpc) is 2.18. The summed E-state index contributed by atoms with van der Waals surface area (Å²) in [4.78, 5) is 15.5. The number of nitrogens with one attached hydrogen (secondary N) is 1.